The second kappa shape index (κ2) is 7.86. The largest absolute Gasteiger partial charge is 0.495 e. The van der Waals surface area contributed by atoms with Gasteiger partial charge >= 0.3 is 0 Å². The van der Waals surface area contributed by atoms with E-state index in [4.69, 9.17) is 15.7 Å². The van der Waals surface area contributed by atoms with Crippen LogP contribution in [0.1, 0.15) is 0 Å². The highest BCUT2D eigenvalue weighted by Crippen LogP contribution is 2.36. The first-order chi connectivity index (χ1) is 13.7. The average Bonchev–Trinajstić information content (AvgIpc) is 2.70. The molecule has 0 aliphatic carbocycles. The van der Waals surface area contributed by atoms with Gasteiger partial charge in [0.05, 0.1) is 29.4 Å². The van der Waals surface area contributed by atoms with E-state index in [-0.39, 0.29) is 17.1 Å². The van der Waals surface area contributed by atoms with Crippen LogP contribution in [-0.2, 0) is 9.84 Å². The molecule has 0 radical (unpaired) electrons. The van der Waals surface area contributed by atoms with Crippen molar-refractivity contribution in [3.8, 4) is 22.9 Å². The number of rotatable bonds is 6. The molecule has 0 saturated carbocycles. The van der Waals surface area contributed by atoms with E-state index in [2.05, 4.69) is 11.9 Å². The molecule has 0 spiro atoms. The fourth-order valence-electron chi connectivity index (χ4n) is 3.10. The van der Waals surface area contributed by atoms with Gasteiger partial charge in [0.1, 0.15) is 5.75 Å². The molecule has 3 aromatic rings. The number of nitrogen functional groups attached to an aromatic ring is 1. The lowest BCUT2D eigenvalue weighted by molar-refractivity contribution is 0.417. The summed E-state index contributed by atoms with van der Waals surface area (Å²) in [4.78, 5) is 0.101. The van der Waals surface area contributed by atoms with Crippen molar-refractivity contribution in [2.24, 2.45) is 0 Å². The molecule has 0 saturated heterocycles. The van der Waals surface area contributed by atoms with Gasteiger partial charge in [-0.15, -0.1) is 0 Å². The van der Waals surface area contributed by atoms with E-state index in [0.29, 0.717) is 11.3 Å². The SMILES string of the molecule is C=C(C#N)CNc1c(OC)ccc2ccc(-c3ccc(N)c(S(C)(=O)=O)c3)cc12. The maximum atomic E-state index is 12.0. The van der Waals surface area contributed by atoms with Crippen molar-refractivity contribution in [1.29, 1.82) is 5.26 Å². The van der Waals surface area contributed by atoms with E-state index in [1.807, 2.05) is 36.4 Å². The predicted molar refractivity (Wildman–Crippen MR) is 117 cm³/mol. The maximum Gasteiger partial charge on any atom is 0.177 e. The number of ether oxygens (including phenoxy) is 1. The van der Waals surface area contributed by atoms with Crippen LogP contribution in [0.3, 0.4) is 0 Å². The van der Waals surface area contributed by atoms with Crippen molar-refractivity contribution in [3.63, 3.8) is 0 Å². The van der Waals surface area contributed by atoms with E-state index in [0.717, 1.165) is 33.8 Å². The third-order valence-corrected chi connectivity index (χ3v) is 5.74. The van der Waals surface area contributed by atoms with Crippen LogP contribution in [0.15, 0.2) is 65.6 Å². The molecule has 0 bridgehead atoms. The van der Waals surface area contributed by atoms with Gasteiger partial charge in [-0.1, -0.05) is 30.8 Å². The highest BCUT2D eigenvalue weighted by atomic mass is 32.2. The minimum atomic E-state index is -3.44. The van der Waals surface area contributed by atoms with Gasteiger partial charge in [0.2, 0.25) is 0 Å². The molecule has 0 atom stereocenters. The van der Waals surface area contributed by atoms with Crippen LogP contribution >= 0.6 is 0 Å². The van der Waals surface area contributed by atoms with Crippen LogP contribution in [0, 0.1) is 11.3 Å². The number of hydrogen-bond donors (Lipinski definition) is 2. The minimum absolute atomic E-state index is 0.101. The predicted octanol–water partition coefficient (Wildman–Crippen LogP) is 3.99. The number of sulfone groups is 1. The Balaban J connectivity index is 2.17. The zero-order valence-corrected chi connectivity index (χ0v) is 17.0. The number of anilines is 2. The van der Waals surface area contributed by atoms with E-state index in [1.165, 1.54) is 0 Å². The standard InChI is InChI=1S/C22H21N3O3S/c1-14(12-23)13-25-22-18-10-16(5-4-15(18)7-9-20(22)28-2)17-6-8-19(24)21(11-17)29(3,26)27/h4-11,25H,1,13,24H2,2-3H3. The molecule has 148 valence electrons. The molecule has 3 aromatic carbocycles. The normalized spacial score (nSPS) is 11.1. The topological polar surface area (TPSA) is 105 Å². The monoisotopic (exact) mass is 407 g/mol. The third-order valence-electron chi connectivity index (χ3n) is 4.59. The number of nitrogens with zero attached hydrogens (tertiary/aromatic N) is 1. The summed E-state index contributed by atoms with van der Waals surface area (Å²) in [5.41, 5.74) is 8.77. The van der Waals surface area contributed by atoms with E-state index in [1.54, 1.807) is 25.3 Å². The van der Waals surface area contributed by atoms with Crippen molar-refractivity contribution < 1.29 is 13.2 Å². The molecule has 0 aliphatic heterocycles. The molecule has 0 amide bonds. The van der Waals surface area contributed by atoms with Crippen molar-refractivity contribution in [2.75, 3.05) is 31.0 Å². The fourth-order valence-corrected chi connectivity index (χ4v) is 3.94. The van der Waals surface area contributed by atoms with Crippen LogP contribution in [0.2, 0.25) is 0 Å². The first-order valence-corrected chi connectivity index (χ1v) is 10.7. The lowest BCUT2D eigenvalue weighted by Crippen LogP contribution is -2.05. The number of nitrogens with two attached hydrogens (primary N) is 1. The van der Waals surface area contributed by atoms with Crippen LogP contribution in [0.25, 0.3) is 21.9 Å². The summed E-state index contributed by atoms with van der Waals surface area (Å²) in [5, 5.41) is 14.0. The molecule has 7 heteroatoms. The Bertz CT molecular complexity index is 1260. The summed E-state index contributed by atoms with van der Waals surface area (Å²) < 4.78 is 29.5. The molecular weight excluding hydrogens is 386 g/mol. The molecule has 3 N–H and O–H groups in total. The van der Waals surface area contributed by atoms with Gasteiger partial charge in [-0.3, -0.25) is 0 Å². The van der Waals surface area contributed by atoms with Crippen molar-refractivity contribution >= 4 is 32.0 Å². The third kappa shape index (κ3) is 4.18. The van der Waals surface area contributed by atoms with Gasteiger partial charge in [0.15, 0.2) is 9.84 Å². The summed E-state index contributed by atoms with van der Waals surface area (Å²) in [5.74, 6) is 0.634. The molecule has 29 heavy (non-hydrogen) atoms. The number of benzene rings is 3. The molecule has 0 heterocycles. The first kappa shape index (κ1) is 20.2. The molecule has 0 aromatic heterocycles. The molecule has 3 rings (SSSR count). The van der Waals surface area contributed by atoms with Gasteiger partial charge in [0.25, 0.3) is 0 Å². The number of nitriles is 1. The zero-order valence-electron chi connectivity index (χ0n) is 16.2. The van der Waals surface area contributed by atoms with Crippen LogP contribution in [0.4, 0.5) is 11.4 Å². The Morgan fingerprint density at radius 2 is 1.83 bits per heavy atom. The quantitative estimate of drug-likeness (QED) is 0.473. The summed E-state index contributed by atoms with van der Waals surface area (Å²) >= 11 is 0. The lowest BCUT2D eigenvalue weighted by Gasteiger charge is -2.15. The number of nitrogens with one attached hydrogen (secondary N) is 1. The summed E-state index contributed by atoms with van der Waals surface area (Å²) in [7, 11) is -1.87. The molecule has 0 fully saturated rings. The molecule has 0 aliphatic rings. The van der Waals surface area contributed by atoms with Crippen molar-refractivity contribution in [3.05, 3.63) is 60.7 Å². The van der Waals surface area contributed by atoms with Gasteiger partial charge in [-0.25, -0.2) is 8.42 Å². The van der Waals surface area contributed by atoms with Crippen molar-refractivity contribution in [2.45, 2.75) is 4.90 Å². The van der Waals surface area contributed by atoms with Crippen LogP contribution < -0.4 is 15.8 Å². The zero-order chi connectivity index (χ0) is 21.2. The highest BCUT2D eigenvalue weighted by Gasteiger charge is 2.14. The van der Waals surface area contributed by atoms with E-state index in [9.17, 15) is 8.42 Å². The smallest absolute Gasteiger partial charge is 0.177 e. The van der Waals surface area contributed by atoms with E-state index >= 15 is 0 Å². The molecule has 6 nitrogen and oxygen atoms in total. The maximum absolute atomic E-state index is 12.0. The van der Waals surface area contributed by atoms with Gasteiger partial charge in [-0.2, -0.15) is 5.26 Å². The van der Waals surface area contributed by atoms with Gasteiger partial charge < -0.3 is 15.8 Å². The second-order valence-corrected chi connectivity index (χ2v) is 8.66. The van der Waals surface area contributed by atoms with Gasteiger partial charge in [0, 0.05) is 23.8 Å². The second-order valence-electron chi connectivity index (χ2n) is 6.67. The number of fused-ring (bicyclic) bond motifs is 1. The number of methoxy groups -OCH3 is 1. The van der Waals surface area contributed by atoms with Gasteiger partial charge in [-0.05, 0) is 40.8 Å². The van der Waals surface area contributed by atoms with Crippen molar-refractivity contribution in [1.82, 2.24) is 0 Å². The average molecular weight is 407 g/mol. The minimum Gasteiger partial charge on any atom is -0.495 e. The molecule has 0 unspecified atom stereocenters. The van der Waals surface area contributed by atoms with E-state index < -0.39 is 9.84 Å². The Morgan fingerprint density at radius 1 is 1.17 bits per heavy atom. The first-order valence-electron chi connectivity index (χ1n) is 8.77. The summed E-state index contributed by atoms with van der Waals surface area (Å²) in [6.07, 6.45) is 1.14. The summed E-state index contributed by atoms with van der Waals surface area (Å²) in [6, 6.07) is 16.6. The number of hydrogen-bond acceptors (Lipinski definition) is 6. The fraction of sp³-hybridized carbons (Fsp3) is 0.136. The Morgan fingerprint density at radius 3 is 2.48 bits per heavy atom. The highest BCUT2D eigenvalue weighted by molar-refractivity contribution is 7.90. The molecular formula is C22H21N3O3S. The van der Waals surface area contributed by atoms with Crippen LogP contribution in [0.5, 0.6) is 5.75 Å². The Labute approximate surface area is 170 Å². The lowest BCUT2D eigenvalue weighted by atomic mass is 9.99. The van der Waals surface area contributed by atoms with Crippen LogP contribution in [-0.4, -0.2) is 28.3 Å². The Hall–Kier alpha value is -3.50. The Kier molecular flexibility index (Phi) is 5.48. The summed E-state index contributed by atoms with van der Waals surface area (Å²) in [6.45, 7) is 3.98.